The summed E-state index contributed by atoms with van der Waals surface area (Å²) < 4.78 is 18.7. The van der Waals surface area contributed by atoms with Gasteiger partial charge in [-0.1, -0.05) is 49.4 Å². The van der Waals surface area contributed by atoms with Gasteiger partial charge in [-0.3, -0.25) is 9.36 Å². The zero-order valence-corrected chi connectivity index (χ0v) is 23.0. The van der Waals surface area contributed by atoms with Crippen molar-refractivity contribution >= 4 is 29.3 Å². The maximum Gasteiger partial charge on any atom is 0.338 e. The van der Waals surface area contributed by atoms with E-state index in [0.29, 0.717) is 32.3 Å². The number of fused-ring (bicyclic) bond motifs is 1. The molecule has 0 radical (unpaired) electrons. The summed E-state index contributed by atoms with van der Waals surface area (Å²) in [5, 5.41) is 0. The van der Waals surface area contributed by atoms with Crippen LogP contribution in [0.5, 0.6) is 0 Å². The largest absolute Gasteiger partial charge is 0.460 e. The van der Waals surface area contributed by atoms with Gasteiger partial charge >= 0.3 is 5.97 Å². The van der Waals surface area contributed by atoms with Gasteiger partial charge in [0.25, 0.3) is 5.56 Å². The minimum atomic E-state index is -0.651. The van der Waals surface area contributed by atoms with Crippen LogP contribution in [-0.4, -0.2) is 43.9 Å². The van der Waals surface area contributed by atoms with Crippen LogP contribution >= 0.6 is 11.3 Å². The van der Waals surface area contributed by atoms with Gasteiger partial charge in [0.1, 0.15) is 12.4 Å². The number of aromatic nitrogens is 1. The van der Waals surface area contributed by atoms with E-state index < -0.39 is 12.0 Å². The molecule has 200 valence electrons. The summed E-state index contributed by atoms with van der Waals surface area (Å²) in [6.07, 6.45) is 4.07. The van der Waals surface area contributed by atoms with Gasteiger partial charge in [0.15, 0.2) is 10.7 Å². The Morgan fingerprint density at radius 2 is 1.89 bits per heavy atom. The van der Waals surface area contributed by atoms with E-state index in [1.807, 2.05) is 36.4 Å². The molecule has 0 spiro atoms. The first kappa shape index (κ1) is 26.2. The smallest absolute Gasteiger partial charge is 0.338 e. The molecule has 5 rings (SSSR count). The number of anilines is 1. The molecule has 2 aromatic heterocycles. The molecule has 1 saturated heterocycles. The van der Waals surface area contributed by atoms with Crippen LogP contribution in [0.4, 0.5) is 5.88 Å². The summed E-state index contributed by atoms with van der Waals surface area (Å²) in [6.45, 7) is 8.41. The number of carbonyl (C=O) groups is 1. The monoisotopic (exact) mass is 535 g/mol. The third-order valence-corrected chi connectivity index (χ3v) is 7.97. The van der Waals surface area contributed by atoms with E-state index in [4.69, 9.17) is 13.9 Å². The van der Waals surface area contributed by atoms with Gasteiger partial charge in [0.05, 0.1) is 28.5 Å². The fourth-order valence-electron chi connectivity index (χ4n) is 4.91. The van der Waals surface area contributed by atoms with E-state index in [0.717, 1.165) is 37.4 Å². The van der Waals surface area contributed by atoms with E-state index in [1.54, 1.807) is 24.7 Å². The second-order valence-corrected chi connectivity index (χ2v) is 10.9. The van der Waals surface area contributed by atoms with Crippen molar-refractivity contribution in [2.75, 3.05) is 38.3 Å². The van der Waals surface area contributed by atoms with Crippen molar-refractivity contribution in [3.8, 4) is 0 Å². The average molecular weight is 536 g/mol. The van der Waals surface area contributed by atoms with Gasteiger partial charge in [-0.2, -0.15) is 0 Å². The molecule has 1 aromatic carbocycles. The molecule has 1 atom stereocenters. The van der Waals surface area contributed by atoms with Gasteiger partial charge in [0, 0.05) is 32.3 Å². The Morgan fingerprint density at radius 1 is 1.16 bits per heavy atom. The maximum atomic E-state index is 13.8. The molecule has 2 aliphatic rings. The zero-order chi connectivity index (χ0) is 26.8. The summed E-state index contributed by atoms with van der Waals surface area (Å²) >= 11 is 1.29. The molecule has 8 nitrogen and oxygen atoms in total. The first-order valence-electron chi connectivity index (χ1n) is 13.0. The first-order chi connectivity index (χ1) is 18.4. The molecule has 38 heavy (non-hydrogen) atoms. The number of allylic oxidation sites excluding steroid dienone is 1. The average Bonchev–Trinajstić information content (AvgIpc) is 3.65. The van der Waals surface area contributed by atoms with Crippen LogP contribution < -0.4 is 19.8 Å². The van der Waals surface area contributed by atoms with Gasteiger partial charge in [-0.05, 0) is 42.9 Å². The molecule has 1 fully saturated rings. The van der Waals surface area contributed by atoms with E-state index in [9.17, 15) is 9.59 Å². The van der Waals surface area contributed by atoms with Crippen LogP contribution in [-0.2, 0) is 14.3 Å². The summed E-state index contributed by atoms with van der Waals surface area (Å²) in [6, 6.07) is 11.2. The van der Waals surface area contributed by atoms with Crippen LogP contribution in [0.3, 0.4) is 0 Å². The minimum Gasteiger partial charge on any atom is -0.460 e. The van der Waals surface area contributed by atoms with Gasteiger partial charge in [-0.25, -0.2) is 9.79 Å². The van der Waals surface area contributed by atoms with Crippen molar-refractivity contribution in [3.63, 3.8) is 0 Å². The standard InChI is InChI=1S/C29H33N3O5S/c1-18(2)20-7-9-21(10-8-20)26-25(28(34)36-16-15-35-4)19(3)30-29-32(26)27(33)23(38-29)17-22-11-12-24(37-22)31-13-5-6-14-31/h7-12,17-18,26H,5-6,13-16H2,1-4H3. The number of ether oxygens (including phenoxy) is 2. The Bertz CT molecular complexity index is 1520. The topological polar surface area (TPSA) is 86.3 Å². The first-order valence-corrected chi connectivity index (χ1v) is 13.8. The van der Waals surface area contributed by atoms with E-state index in [1.165, 1.54) is 16.9 Å². The highest BCUT2D eigenvalue weighted by Gasteiger charge is 2.33. The number of hydrogen-bond donors (Lipinski definition) is 0. The molecule has 3 aromatic rings. The quantitative estimate of drug-likeness (QED) is 0.323. The lowest BCUT2D eigenvalue weighted by atomic mass is 9.93. The fraction of sp³-hybridized carbons (Fsp3) is 0.414. The Balaban J connectivity index is 1.59. The molecule has 0 aliphatic carbocycles. The number of rotatable bonds is 8. The van der Waals surface area contributed by atoms with Crippen molar-refractivity contribution in [1.82, 2.24) is 4.57 Å². The molecule has 1 unspecified atom stereocenters. The molecule has 0 saturated carbocycles. The Hall–Kier alpha value is -3.43. The second-order valence-electron chi connectivity index (χ2n) is 9.90. The summed E-state index contributed by atoms with van der Waals surface area (Å²) in [4.78, 5) is 34.5. The van der Waals surface area contributed by atoms with Crippen molar-refractivity contribution in [2.45, 2.75) is 45.6 Å². The molecule has 2 aliphatic heterocycles. The molecular formula is C29H33N3O5S. The van der Waals surface area contributed by atoms with Crippen molar-refractivity contribution in [1.29, 1.82) is 0 Å². The Labute approximate surface area is 225 Å². The van der Waals surface area contributed by atoms with Gasteiger partial charge in [0.2, 0.25) is 0 Å². The van der Waals surface area contributed by atoms with Crippen LogP contribution in [0.15, 0.2) is 61.9 Å². The SMILES string of the molecule is COCCOC(=O)C1=C(C)N=c2sc(=Cc3ccc(N4CCCC4)o3)c(=O)n2C1c1ccc(C(C)C)cc1. The highest BCUT2D eigenvalue weighted by Crippen LogP contribution is 2.31. The lowest BCUT2D eigenvalue weighted by Crippen LogP contribution is -2.40. The predicted octanol–water partition coefficient (Wildman–Crippen LogP) is 3.74. The number of hydrogen-bond acceptors (Lipinski definition) is 8. The minimum absolute atomic E-state index is 0.118. The van der Waals surface area contributed by atoms with Crippen LogP contribution in [0, 0.1) is 0 Å². The zero-order valence-electron chi connectivity index (χ0n) is 22.2. The van der Waals surface area contributed by atoms with Crippen LogP contribution in [0.25, 0.3) is 6.08 Å². The number of benzene rings is 1. The highest BCUT2D eigenvalue weighted by molar-refractivity contribution is 7.07. The van der Waals surface area contributed by atoms with Crippen molar-refractivity contribution < 1.29 is 18.7 Å². The van der Waals surface area contributed by atoms with Crippen molar-refractivity contribution in [2.24, 2.45) is 4.99 Å². The number of esters is 1. The normalized spacial score (nSPS) is 17.8. The lowest BCUT2D eigenvalue weighted by Gasteiger charge is -2.25. The third kappa shape index (κ3) is 5.13. The number of furan rings is 1. The van der Waals surface area contributed by atoms with Crippen LogP contribution in [0.1, 0.15) is 62.5 Å². The number of nitrogens with zero attached hydrogens (tertiary/aromatic N) is 3. The maximum absolute atomic E-state index is 13.8. The molecule has 0 N–H and O–H groups in total. The van der Waals surface area contributed by atoms with E-state index in [2.05, 4.69) is 23.7 Å². The molecular weight excluding hydrogens is 502 g/mol. The summed E-state index contributed by atoms with van der Waals surface area (Å²) in [5.74, 6) is 1.30. The molecule has 0 bridgehead atoms. The summed E-state index contributed by atoms with van der Waals surface area (Å²) in [7, 11) is 1.55. The number of carbonyl (C=O) groups excluding carboxylic acids is 1. The fourth-order valence-corrected chi connectivity index (χ4v) is 5.94. The molecule has 9 heteroatoms. The molecule has 0 amide bonds. The summed E-state index contributed by atoms with van der Waals surface area (Å²) in [5.41, 5.74) is 2.67. The number of methoxy groups -OCH3 is 1. The van der Waals surface area contributed by atoms with Crippen LogP contribution in [0.2, 0.25) is 0 Å². The highest BCUT2D eigenvalue weighted by atomic mass is 32.1. The van der Waals surface area contributed by atoms with Gasteiger partial charge in [-0.15, -0.1) is 0 Å². The lowest BCUT2D eigenvalue weighted by molar-refractivity contribution is -0.140. The Kier molecular flexibility index (Phi) is 7.67. The van der Waals surface area contributed by atoms with Crippen molar-refractivity contribution in [3.05, 3.63) is 84.2 Å². The van der Waals surface area contributed by atoms with E-state index in [-0.39, 0.29) is 18.8 Å². The van der Waals surface area contributed by atoms with E-state index >= 15 is 0 Å². The predicted molar refractivity (Wildman–Crippen MR) is 147 cm³/mol. The van der Waals surface area contributed by atoms with Gasteiger partial charge < -0.3 is 18.8 Å². The molecule has 4 heterocycles. The second kappa shape index (κ2) is 11.1. The Morgan fingerprint density at radius 3 is 2.58 bits per heavy atom. The number of thiazole rings is 1. The third-order valence-electron chi connectivity index (χ3n) is 6.98.